The van der Waals surface area contributed by atoms with Gasteiger partial charge in [0.15, 0.2) is 0 Å². The van der Waals surface area contributed by atoms with Gasteiger partial charge in [-0.1, -0.05) is 25.1 Å². The number of nitrogens with two attached hydrogens (primary N) is 1. The van der Waals surface area contributed by atoms with Crippen molar-refractivity contribution < 1.29 is 27.9 Å². The summed E-state index contributed by atoms with van der Waals surface area (Å²) >= 11 is 0. The van der Waals surface area contributed by atoms with Gasteiger partial charge in [-0.2, -0.15) is 13.2 Å². The highest BCUT2D eigenvalue weighted by molar-refractivity contribution is 6.44. The van der Waals surface area contributed by atoms with Crippen molar-refractivity contribution in [3.05, 3.63) is 70.5 Å². The molecule has 0 spiro atoms. The normalized spacial score (nSPS) is 11.7. The fourth-order valence-corrected chi connectivity index (χ4v) is 3.39. The minimum atomic E-state index is -4.48. The van der Waals surface area contributed by atoms with Crippen LogP contribution in [0, 0.1) is 0 Å². The highest BCUT2D eigenvalue weighted by atomic mass is 19.4. The van der Waals surface area contributed by atoms with Crippen LogP contribution in [0.15, 0.2) is 42.6 Å². The van der Waals surface area contributed by atoms with Crippen molar-refractivity contribution in [1.29, 1.82) is 0 Å². The molecule has 28 heavy (non-hydrogen) atoms. The number of hydrogen-bond donors (Lipinski definition) is 2. The maximum absolute atomic E-state index is 13.0. The Labute approximate surface area is 158 Å². The Kier molecular flexibility index (Phi) is 4.89. The summed E-state index contributed by atoms with van der Waals surface area (Å²) in [7, 11) is 0. The first kappa shape index (κ1) is 19.5. The summed E-state index contributed by atoms with van der Waals surface area (Å²) < 4.78 is 40.6. The second-order valence-electron chi connectivity index (χ2n) is 6.33. The number of rotatable bonds is 5. The Morgan fingerprint density at radius 1 is 1.18 bits per heavy atom. The summed E-state index contributed by atoms with van der Waals surface area (Å²) in [5.41, 5.74) is 5.83. The molecule has 2 aromatic heterocycles. The number of hydrogen-bond acceptors (Lipinski definition) is 3. The molecular weight excluding hydrogens is 373 g/mol. The summed E-state index contributed by atoms with van der Waals surface area (Å²) in [5, 5.41) is 10.3. The van der Waals surface area contributed by atoms with Crippen LogP contribution < -0.4 is 5.73 Å². The topological polar surface area (TPSA) is 84.8 Å². The Hall–Kier alpha value is -3.29. The monoisotopic (exact) mass is 390 g/mol. The van der Waals surface area contributed by atoms with Gasteiger partial charge in [0.2, 0.25) is 0 Å². The minimum Gasteiger partial charge on any atom is -0.506 e. The Morgan fingerprint density at radius 2 is 1.89 bits per heavy atom. The lowest BCUT2D eigenvalue weighted by atomic mass is 9.98. The molecule has 0 atom stereocenters. The van der Waals surface area contributed by atoms with Crippen molar-refractivity contribution >= 4 is 17.2 Å². The molecule has 0 aliphatic rings. The molecule has 8 heteroatoms. The zero-order chi connectivity index (χ0) is 20.6. The van der Waals surface area contributed by atoms with E-state index in [-0.39, 0.29) is 23.3 Å². The molecule has 0 bridgehead atoms. The standard InChI is InChI=1S/C20H17F3N2O3/c1-2-13-14(10-11-5-3-6-12(9-11)20(21,22)23)25-8-4-7-15(26)17(25)16(13)18(27)19(24)28/h3-9,26H,2,10H2,1H3,(H2,24,28). The van der Waals surface area contributed by atoms with E-state index in [2.05, 4.69) is 0 Å². The van der Waals surface area contributed by atoms with Gasteiger partial charge < -0.3 is 15.2 Å². The molecule has 1 amide bonds. The zero-order valence-electron chi connectivity index (χ0n) is 14.9. The smallest absolute Gasteiger partial charge is 0.416 e. The molecule has 0 fully saturated rings. The quantitative estimate of drug-likeness (QED) is 0.517. The number of alkyl halides is 3. The van der Waals surface area contributed by atoms with E-state index in [9.17, 15) is 27.9 Å². The van der Waals surface area contributed by atoms with Gasteiger partial charge in [0.25, 0.3) is 11.7 Å². The summed E-state index contributed by atoms with van der Waals surface area (Å²) in [5.74, 6) is -2.35. The fraction of sp³-hybridized carbons (Fsp3) is 0.200. The van der Waals surface area contributed by atoms with E-state index < -0.39 is 23.4 Å². The van der Waals surface area contributed by atoms with E-state index in [1.807, 2.05) is 0 Å². The van der Waals surface area contributed by atoms with Gasteiger partial charge in [-0.25, -0.2) is 0 Å². The van der Waals surface area contributed by atoms with Gasteiger partial charge in [-0.05, 0) is 35.7 Å². The second kappa shape index (κ2) is 7.03. The number of carbonyl (C=O) groups excluding carboxylic acids is 2. The average molecular weight is 390 g/mol. The van der Waals surface area contributed by atoms with Crippen LogP contribution in [0.1, 0.15) is 39.7 Å². The summed E-state index contributed by atoms with van der Waals surface area (Å²) in [6.07, 6.45) is -2.50. The fourth-order valence-electron chi connectivity index (χ4n) is 3.39. The Bertz CT molecular complexity index is 1080. The van der Waals surface area contributed by atoms with Crippen molar-refractivity contribution in [2.75, 3.05) is 0 Å². The van der Waals surface area contributed by atoms with Gasteiger partial charge in [-0.3, -0.25) is 9.59 Å². The van der Waals surface area contributed by atoms with E-state index >= 15 is 0 Å². The van der Waals surface area contributed by atoms with Crippen molar-refractivity contribution in [2.45, 2.75) is 25.9 Å². The van der Waals surface area contributed by atoms with Crippen LogP contribution in [0.5, 0.6) is 5.75 Å². The van der Waals surface area contributed by atoms with Crippen LogP contribution in [0.25, 0.3) is 5.52 Å². The van der Waals surface area contributed by atoms with Crippen molar-refractivity contribution in [3.63, 3.8) is 0 Å². The van der Waals surface area contributed by atoms with Crippen LogP contribution in [-0.2, 0) is 23.8 Å². The number of amides is 1. The molecule has 0 unspecified atom stereocenters. The molecule has 0 aliphatic carbocycles. The highest BCUT2D eigenvalue weighted by Gasteiger charge is 2.31. The number of benzene rings is 1. The number of primary amides is 1. The van der Waals surface area contributed by atoms with E-state index in [4.69, 9.17) is 5.73 Å². The maximum atomic E-state index is 13.0. The predicted molar refractivity (Wildman–Crippen MR) is 96.2 cm³/mol. The minimum absolute atomic E-state index is 0.0184. The number of aromatic hydroxyl groups is 1. The maximum Gasteiger partial charge on any atom is 0.416 e. The van der Waals surface area contributed by atoms with Gasteiger partial charge in [0.1, 0.15) is 5.75 Å². The van der Waals surface area contributed by atoms with E-state index in [1.165, 1.54) is 22.6 Å². The largest absolute Gasteiger partial charge is 0.506 e. The zero-order valence-corrected chi connectivity index (χ0v) is 14.9. The highest BCUT2D eigenvalue weighted by Crippen LogP contribution is 2.34. The first-order valence-corrected chi connectivity index (χ1v) is 8.49. The number of halogens is 3. The van der Waals surface area contributed by atoms with Crippen molar-refractivity contribution in [2.24, 2.45) is 5.73 Å². The molecule has 0 radical (unpaired) electrons. The lowest BCUT2D eigenvalue weighted by Gasteiger charge is -2.10. The third-order valence-corrected chi connectivity index (χ3v) is 4.58. The van der Waals surface area contributed by atoms with Crippen molar-refractivity contribution in [1.82, 2.24) is 4.40 Å². The van der Waals surface area contributed by atoms with Gasteiger partial charge in [0.05, 0.1) is 16.6 Å². The number of nitrogens with zero attached hydrogens (tertiary/aromatic N) is 1. The summed E-state index contributed by atoms with van der Waals surface area (Å²) in [6.45, 7) is 1.75. The summed E-state index contributed by atoms with van der Waals surface area (Å²) in [4.78, 5) is 23.9. The predicted octanol–water partition coefficient (Wildman–Crippen LogP) is 3.48. The second-order valence-corrected chi connectivity index (χ2v) is 6.33. The van der Waals surface area contributed by atoms with Crippen LogP contribution in [0.3, 0.4) is 0 Å². The molecule has 3 aromatic rings. The molecule has 0 saturated heterocycles. The van der Waals surface area contributed by atoms with Gasteiger partial charge in [-0.15, -0.1) is 0 Å². The van der Waals surface area contributed by atoms with Crippen LogP contribution in [-0.4, -0.2) is 21.2 Å². The number of carbonyl (C=O) groups is 2. The van der Waals surface area contributed by atoms with E-state index in [0.717, 1.165) is 12.1 Å². The number of pyridine rings is 1. The number of fused-ring (bicyclic) bond motifs is 1. The molecule has 0 saturated carbocycles. The molecule has 0 aliphatic heterocycles. The van der Waals surface area contributed by atoms with Crippen molar-refractivity contribution in [3.8, 4) is 5.75 Å². The van der Waals surface area contributed by atoms with Crippen LogP contribution >= 0.6 is 0 Å². The third-order valence-electron chi connectivity index (χ3n) is 4.58. The lowest BCUT2D eigenvalue weighted by Crippen LogP contribution is -2.24. The summed E-state index contributed by atoms with van der Waals surface area (Å²) in [6, 6.07) is 7.78. The third kappa shape index (κ3) is 3.33. The molecule has 5 nitrogen and oxygen atoms in total. The lowest BCUT2D eigenvalue weighted by molar-refractivity contribution is -0.137. The number of ketones is 1. The molecular formula is C20H17F3N2O3. The first-order chi connectivity index (χ1) is 13.1. The molecule has 2 heterocycles. The molecule has 1 aromatic carbocycles. The van der Waals surface area contributed by atoms with E-state index in [1.54, 1.807) is 19.2 Å². The van der Waals surface area contributed by atoms with Gasteiger partial charge >= 0.3 is 6.18 Å². The van der Waals surface area contributed by atoms with E-state index in [0.29, 0.717) is 23.2 Å². The Morgan fingerprint density at radius 3 is 2.50 bits per heavy atom. The van der Waals surface area contributed by atoms with Crippen LogP contribution in [0.4, 0.5) is 13.2 Å². The SMILES string of the molecule is CCc1c(C(=O)C(N)=O)c2c(O)cccn2c1Cc1cccc(C(F)(F)F)c1. The Balaban J connectivity index is 2.23. The molecule has 3 N–H and O–H groups in total. The first-order valence-electron chi connectivity index (χ1n) is 8.49. The molecule has 146 valence electrons. The average Bonchev–Trinajstić information content (AvgIpc) is 2.95. The van der Waals surface area contributed by atoms with Crippen LogP contribution in [0.2, 0.25) is 0 Å². The molecule has 3 rings (SSSR count). The number of Topliss-reactive ketones (excluding diaryl/α,β-unsaturated/α-hetero) is 1. The van der Waals surface area contributed by atoms with Gasteiger partial charge in [0, 0.05) is 18.3 Å². The number of aromatic nitrogens is 1.